The molecule has 1 aromatic heterocycles. The molecule has 0 amide bonds. The molecule has 0 aliphatic rings. The molecule has 0 aliphatic carbocycles. The fourth-order valence-corrected chi connectivity index (χ4v) is 3.07. The van der Waals surface area contributed by atoms with Crippen molar-refractivity contribution in [3.05, 3.63) is 70.0 Å². The van der Waals surface area contributed by atoms with E-state index in [1.54, 1.807) is 6.07 Å². The van der Waals surface area contributed by atoms with Gasteiger partial charge in [0.05, 0.1) is 6.04 Å². The van der Waals surface area contributed by atoms with Crippen molar-refractivity contribution >= 4 is 23.2 Å². The molecule has 3 aromatic rings. The van der Waals surface area contributed by atoms with Crippen molar-refractivity contribution < 1.29 is 4.42 Å². The SMILES string of the molecule is CC(NC(C)c1ccc(Cl)cc1Cl)c1nnc(-c2ccccc2)o1. The number of nitrogens with zero attached hydrogens (tertiary/aromatic N) is 2. The molecule has 4 nitrogen and oxygen atoms in total. The highest BCUT2D eigenvalue weighted by atomic mass is 35.5. The van der Waals surface area contributed by atoms with E-state index in [4.69, 9.17) is 27.6 Å². The lowest BCUT2D eigenvalue weighted by Gasteiger charge is -2.19. The zero-order chi connectivity index (χ0) is 17.1. The van der Waals surface area contributed by atoms with E-state index in [1.807, 2.05) is 56.3 Å². The fraction of sp³-hybridized carbons (Fsp3) is 0.222. The molecule has 1 N–H and O–H groups in total. The molecule has 0 bridgehead atoms. The highest BCUT2D eigenvalue weighted by Crippen LogP contribution is 2.28. The van der Waals surface area contributed by atoms with E-state index in [0.717, 1.165) is 11.1 Å². The van der Waals surface area contributed by atoms with Crippen LogP contribution >= 0.6 is 23.2 Å². The Morgan fingerprint density at radius 1 is 0.958 bits per heavy atom. The van der Waals surface area contributed by atoms with Crippen LogP contribution in [0.2, 0.25) is 10.0 Å². The standard InChI is InChI=1S/C18H17Cl2N3O/c1-11(15-9-8-14(19)10-16(15)20)21-12(2)17-22-23-18(24-17)13-6-4-3-5-7-13/h3-12,21H,1-2H3. The molecule has 0 aliphatic heterocycles. The molecule has 0 fully saturated rings. The molecule has 3 rings (SSSR count). The molecule has 0 radical (unpaired) electrons. The monoisotopic (exact) mass is 361 g/mol. The molecule has 2 unspecified atom stereocenters. The van der Waals surface area contributed by atoms with Gasteiger partial charge < -0.3 is 4.42 Å². The molecule has 2 aromatic carbocycles. The van der Waals surface area contributed by atoms with E-state index < -0.39 is 0 Å². The van der Waals surface area contributed by atoms with Crippen LogP contribution in [0, 0.1) is 0 Å². The summed E-state index contributed by atoms with van der Waals surface area (Å²) in [6.07, 6.45) is 0. The summed E-state index contributed by atoms with van der Waals surface area (Å²) in [4.78, 5) is 0. The van der Waals surface area contributed by atoms with E-state index >= 15 is 0 Å². The number of halogens is 2. The fourth-order valence-electron chi connectivity index (χ4n) is 2.50. The Bertz CT molecular complexity index is 820. The van der Waals surface area contributed by atoms with Crippen molar-refractivity contribution in [1.29, 1.82) is 0 Å². The minimum atomic E-state index is -0.114. The van der Waals surface area contributed by atoms with Crippen LogP contribution in [0.5, 0.6) is 0 Å². The molecular weight excluding hydrogens is 345 g/mol. The molecular formula is C18H17Cl2N3O. The summed E-state index contributed by atoms with van der Waals surface area (Å²) in [6, 6.07) is 15.1. The van der Waals surface area contributed by atoms with Crippen LogP contribution in [0.3, 0.4) is 0 Å². The Morgan fingerprint density at radius 3 is 2.42 bits per heavy atom. The molecule has 0 saturated carbocycles. The lowest BCUT2D eigenvalue weighted by molar-refractivity contribution is 0.395. The highest BCUT2D eigenvalue weighted by Gasteiger charge is 2.19. The third-order valence-corrected chi connectivity index (χ3v) is 4.32. The van der Waals surface area contributed by atoms with Gasteiger partial charge in [-0.1, -0.05) is 47.5 Å². The summed E-state index contributed by atoms with van der Waals surface area (Å²) >= 11 is 12.2. The predicted molar refractivity (Wildman–Crippen MR) is 96.2 cm³/mol. The first kappa shape index (κ1) is 17.0. The lowest BCUT2D eigenvalue weighted by Crippen LogP contribution is -2.23. The van der Waals surface area contributed by atoms with Crippen LogP contribution in [0.4, 0.5) is 0 Å². The smallest absolute Gasteiger partial charge is 0.247 e. The number of hydrogen-bond donors (Lipinski definition) is 1. The molecule has 0 saturated heterocycles. The van der Waals surface area contributed by atoms with E-state index in [1.165, 1.54) is 0 Å². The zero-order valence-electron chi connectivity index (χ0n) is 13.3. The Labute approximate surface area is 150 Å². The third kappa shape index (κ3) is 3.78. The Morgan fingerprint density at radius 2 is 1.71 bits per heavy atom. The quantitative estimate of drug-likeness (QED) is 0.655. The van der Waals surface area contributed by atoms with Crippen LogP contribution in [0.25, 0.3) is 11.5 Å². The van der Waals surface area contributed by atoms with Gasteiger partial charge in [-0.2, -0.15) is 0 Å². The van der Waals surface area contributed by atoms with Crippen molar-refractivity contribution in [2.24, 2.45) is 0 Å². The average molecular weight is 362 g/mol. The minimum Gasteiger partial charge on any atom is -0.419 e. The summed E-state index contributed by atoms with van der Waals surface area (Å²) in [6.45, 7) is 4.00. The van der Waals surface area contributed by atoms with E-state index in [9.17, 15) is 0 Å². The Kier molecular flexibility index (Phi) is 5.19. The summed E-state index contributed by atoms with van der Waals surface area (Å²) in [5.41, 5.74) is 1.87. The minimum absolute atomic E-state index is 0.0110. The van der Waals surface area contributed by atoms with Crippen molar-refractivity contribution in [2.45, 2.75) is 25.9 Å². The van der Waals surface area contributed by atoms with Gasteiger partial charge in [0.2, 0.25) is 11.8 Å². The lowest BCUT2D eigenvalue weighted by atomic mass is 10.1. The largest absolute Gasteiger partial charge is 0.419 e. The zero-order valence-corrected chi connectivity index (χ0v) is 14.8. The normalized spacial score (nSPS) is 13.7. The number of hydrogen-bond acceptors (Lipinski definition) is 4. The molecule has 2 atom stereocenters. The molecule has 6 heteroatoms. The Balaban J connectivity index is 1.73. The third-order valence-electron chi connectivity index (χ3n) is 3.76. The van der Waals surface area contributed by atoms with Gasteiger partial charge in [0, 0.05) is 21.7 Å². The van der Waals surface area contributed by atoms with Crippen LogP contribution < -0.4 is 5.32 Å². The van der Waals surface area contributed by atoms with Gasteiger partial charge in [0.1, 0.15) is 0 Å². The highest BCUT2D eigenvalue weighted by molar-refractivity contribution is 6.35. The first-order chi connectivity index (χ1) is 11.5. The second-order valence-corrected chi connectivity index (χ2v) is 6.43. The van der Waals surface area contributed by atoms with Gasteiger partial charge in [0.15, 0.2) is 0 Å². The number of aromatic nitrogens is 2. The van der Waals surface area contributed by atoms with Crippen molar-refractivity contribution in [3.8, 4) is 11.5 Å². The molecule has 24 heavy (non-hydrogen) atoms. The van der Waals surface area contributed by atoms with Crippen LogP contribution in [-0.2, 0) is 0 Å². The van der Waals surface area contributed by atoms with Gasteiger partial charge in [0.25, 0.3) is 0 Å². The van der Waals surface area contributed by atoms with E-state index in [2.05, 4.69) is 15.5 Å². The van der Waals surface area contributed by atoms with Gasteiger partial charge in [-0.05, 0) is 43.7 Å². The maximum atomic E-state index is 6.26. The summed E-state index contributed by atoms with van der Waals surface area (Å²) in [7, 11) is 0. The van der Waals surface area contributed by atoms with Gasteiger partial charge >= 0.3 is 0 Å². The molecule has 0 spiro atoms. The molecule has 1 heterocycles. The number of nitrogens with one attached hydrogen (secondary N) is 1. The second kappa shape index (κ2) is 7.34. The van der Waals surface area contributed by atoms with Crippen molar-refractivity contribution in [2.75, 3.05) is 0 Å². The van der Waals surface area contributed by atoms with Gasteiger partial charge in [-0.25, -0.2) is 0 Å². The summed E-state index contributed by atoms with van der Waals surface area (Å²) in [5, 5.41) is 12.9. The van der Waals surface area contributed by atoms with Crippen molar-refractivity contribution in [1.82, 2.24) is 15.5 Å². The molecule has 124 valence electrons. The van der Waals surface area contributed by atoms with Gasteiger partial charge in [-0.3, -0.25) is 5.32 Å². The predicted octanol–water partition coefficient (Wildman–Crippen LogP) is 5.46. The topological polar surface area (TPSA) is 51.0 Å². The maximum absolute atomic E-state index is 6.26. The second-order valence-electron chi connectivity index (χ2n) is 5.59. The maximum Gasteiger partial charge on any atom is 0.247 e. The van der Waals surface area contributed by atoms with Crippen molar-refractivity contribution in [3.63, 3.8) is 0 Å². The summed E-state index contributed by atoms with van der Waals surface area (Å²) < 4.78 is 5.78. The number of benzene rings is 2. The van der Waals surface area contributed by atoms with Gasteiger partial charge in [-0.15, -0.1) is 10.2 Å². The van der Waals surface area contributed by atoms with Crippen LogP contribution in [0.15, 0.2) is 52.9 Å². The van der Waals surface area contributed by atoms with E-state index in [-0.39, 0.29) is 12.1 Å². The summed E-state index contributed by atoms with van der Waals surface area (Å²) in [5.74, 6) is 1.04. The van der Waals surface area contributed by atoms with Crippen LogP contribution in [-0.4, -0.2) is 10.2 Å². The Hall–Kier alpha value is -1.88. The number of rotatable bonds is 5. The first-order valence-corrected chi connectivity index (χ1v) is 8.40. The van der Waals surface area contributed by atoms with Crippen LogP contribution in [0.1, 0.15) is 37.4 Å². The average Bonchev–Trinajstić information content (AvgIpc) is 3.05. The first-order valence-electron chi connectivity index (χ1n) is 7.64. The van der Waals surface area contributed by atoms with E-state index in [0.29, 0.717) is 21.8 Å².